The molecule has 3 aromatic carbocycles. The second-order valence-electron chi connectivity index (χ2n) is 6.85. The fourth-order valence-corrected chi connectivity index (χ4v) is 8.00. The molecule has 3 aromatic rings. The molecule has 0 aromatic heterocycles. The maximum atomic E-state index is 2.30. The third-order valence-electron chi connectivity index (χ3n) is 5.08. The highest BCUT2D eigenvalue weighted by Gasteiger charge is 2.45. The molecule has 4 rings (SSSR count). The molecule has 1 aliphatic carbocycles. The zero-order valence-electron chi connectivity index (χ0n) is 15.9. The van der Waals surface area contributed by atoms with E-state index in [1.165, 1.54) is 21.5 Å². The van der Waals surface area contributed by atoms with E-state index < -0.39 is 7.26 Å². The lowest BCUT2D eigenvalue weighted by molar-refractivity contribution is 1.50. The minimum Gasteiger partial charge on any atom is -0.0623 e. The summed E-state index contributed by atoms with van der Waals surface area (Å²) < 4.78 is 0. The summed E-state index contributed by atoms with van der Waals surface area (Å²) in [5.74, 6) is 0. The molecule has 136 valence electrons. The summed E-state index contributed by atoms with van der Waals surface area (Å²) in [4.78, 5) is 0. The zero-order chi connectivity index (χ0) is 19.1. The van der Waals surface area contributed by atoms with Gasteiger partial charge < -0.3 is 0 Å². The summed E-state index contributed by atoms with van der Waals surface area (Å²) in [5.41, 5.74) is 1.35. The molecule has 0 aliphatic heterocycles. The largest absolute Gasteiger partial charge is 0.116 e. The molecule has 28 heavy (non-hydrogen) atoms. The van der Waals surface area contributed by atoms with Crippen molar-refractivity contribution in [2.24, 2.45) is 0 Å². The van der Waals surface area contributed by atoms with Crippen LogP contribution in [0.25, 0.3) is 0 Å². The fraction of sp³-hybridized carbons (Fsp3) is 0.0370. The van der Waals surface area contributed by atoms with Crippen molar-refractivity contribution >= 4 is 23.2 Å². The predicted molar refractivity (Wildman–Crippen MR) is 126 cm³/mol. The van der Waals surface area contributed by atoms with Gasteiger partial charge in [-0.15, -0.1) is 0 Å². The van der Waals surface area contributed by atoms with Gasteiger partial charge in [-0.3, -0.25) is 0 Å². The molecule has 0 fully saturated rings. The Morgan fingerprint density at radius 2 is 0.893 bits per heavy atom. The van der Waals surface area contributed by atoms with Crippen LogP contribution in [0.3, 0.4) is 0 Å². The maximum Gasteiger partial charge on any atom is 0.116 e. The van der Waals surface area contributed by atoms with Crippen molar-refractivity contribution in [3.05, 3.63) is 139 Å². The Hall–Kier alpha value is -2.95. The molecule has 0 amide bonds. The van der Waals surface area contributed by atoms with Crippen LogP contribution in [0.15, 0.2) is 139 Å². The highest BCUT2D eigenvalue weighted by molar-refractivity contribution is 7.95. The Labute approximate surface area is 168 Å². The number of allylic oxidation sites excluding steroid dienone is 8. The topological polar surface area (TPSA) is 0 Å². The number of hydrogen-bond donors (Lipinski definition) is 0. The van der Waals surface area contributed by atoms with Crippen LogP contribution >= 0.6 is 7.26 Å². The van der Waals surface area contributed by atoms with Gasteiger partial charge in [0, 0.05) is 0 Å². The second kappa shape index (κ2) is 8.83. The summed E-state index contributed by atoms with van der Waals surface area (Å²) in [7, 11) is -1.83. The van der Waals surface area contributed by atoms with Crippen LogP contribution in [-0.4, -0.2) is 6.16 Å². The minimum absolute atomic E-state index is 1.000. The molecule has 0 radical (unpaired) electrons. The van der Waals surface area contributed by atoms with Gasteiger partial charge in [0.05, 0.1) is 6.16 Å². The molecule has 0 N–H and O–H groups in total. The molecule has 0 unspecified atom stereocenters. The van der Waals surface area contributed by atoms with E-state index in [-0.39, 0.29) is 0 Å². The minimum atomic E-state index is -1.83. The van der Waals surface area contributed by atoms with E-state index in [0.717, 1.165) is 6.16 Å². The van der Waals surface area contributed by atoms with Crippen LogP contribution in [0.4, 0.5) is 0 Å². The Kier molecular flexibility index (Phi) is 5.80. The van der Waals surface area contributed by atoms with E-state index in [2.05, 4.69) is 134 Å². The van der Waals surface area contributed by atoms with Crippen LogP contribution in [0, 0.1) is 0 Å². The van der Waals surface area contributed by atoms with Gasteiger partial charge in [0.1, 0.15) is 23.2 Å². The number of benzene rings is 3. The van der Waals surface area contributed by atoms with E-state index in [1.54, 1.807) is 0 Å². The summed E-state index contributed by atoms with van der Waals surface area (Å²) in [6.07, 6.45) is 16.1. The zero-order valence-corrected chi connectivity index (χ0v) is 16.8. The normalized spacial score (nSPS) is 16.6. The third-order valence-corrected chi connectivity index (χ3v) is 9.45. The van der Waals surface area contributed by atoms with E-state index in [1.807, 2.05) is 0 Å². The van der Waals surface area contributed by atoms with Gasteiger partial charge in [0.2, 0.25) is 0 Å². The monoisotopic (exact) mass is 379 g/mol. The number of rotatable bonds is 5. The Balaban J connectivity index is 1.96. The smallest absolute Gasteiger partial charge is 0.0623 e. The Morgan fingerprint density at radius 1 is 0.464 bits per heavy atom. The summed E-state index contributed by atoms with van der Waals surface area (Å²) >= 11 is 0. The molecule has 0 spiro atoms. The van der Waals surface area contributed by atoms with Gasteiger partial charge in [-0.2, -0.15) is 0 Å². The van der Waals surface area contributed by atoms with Crippen LogP contribution in [0.5, 0.6) is 0 Å². The quantitative estimate of drug-likeness (QED) is 0.507. The first-order chi connectivity index (χ1) is 13.9. The van der Waals surface area contributed by atoms with Crippen LogP contribution in [0.1, 0.15) is 0 Å². The van der Waals surface area contributed by atoms with Gasteiger partial charge in [-0.05, 0) is 42.0 Å². The van der Waals surface area contributed by atoms with Gasteiger partial charge in [0.25, 0.3) is 0 Å². The van der Waals surface area contributed by atoms with E-state index in [4.69, 9.17) is 0 Å². The fourth-order valence-electron chi connectivity index (χ4n) is 3.75. The average molecular weight is 379 g/mol. The van der Waals surface area contributed by atoms with E-state index in [9.17, 15) is 0 Å². The van der Waals surface area contributed by atoms with Crippen LogP contribution < -0.4 is 15.9 Å². The highest BCUT2D eigenvalue weighted by Crippen LogP contribution is 2.56. The standard InChI is InChI=1S/C27H24P/c1-2-7-15-24(16-8-3-1)23-28(25-17-9-4-10-18-25,26-19-11-5-12-20-26)27-21-13-6-14-22-27/h1-22H,23H2/q+1/b2-1?,3-1?,7-2?,8-3?,15-7-,16-8?,24-15?,24-16+. The Morgan fingerprint density at radius 3 is 1.39 bits per heavy atom. The second-order valence-corrected chi connectivity index (χ2v) is 10.3. The van der Waals surface area contributed by atoms with Crippen molar-refractivity contribution in [2.75, 3.05) is 6.16 Å². The van der Waals surface area contributed by atoms with Gasteiger partial charge in [-0.1, -0.05) is 97.1 Å². The summed E-state index contributed by atoms with van der Waals surface area (Å²) in [5, 5.41) is 4.26. The van der Waals surface area contributed by atoms with Crippen molar-refractivity contribution in [3.63, 3.8) is 0 Å². The van der Waals surface area contributed by atoms with Crippen molar-refractivity contribution in [1.82, 2.24) is 0 Å². The molecule has 0 atom stereocenters. The molecular formula is C27H24P+. The lowest BCUT2D eigenvalue weighted by atomic mass is 10.2. The van der Waals surface area contributed by atoms with Crippen molar-refractivity contribution < 1.29 is 0 Å². The molecule has 0 nitrogen and oxygen atoms in total. The number of hydrogen-bond acceptors (Lipinski definition) is 0. The lowest BCUT2D eigenvalue weighted by Crippen LogP contribution is -2.33. The third kappa shape index (κ3) is 3.84. The van der Waals surface area contributed by atoms with Crippen LogP contribution in [0.2, 0.25) is 0 Å². The molecule has 1 aliphatic rings. The van der Waals surface area contributed by atoms with Gasteiger partial charge in [0.15, 0.2) is 0 Å². The van der Waals surface area contributed by atoms with E-state index in [0.29, 0.717) is 0 Å². The molecule has 1 heteroatoms. The summed E-state index contributed by atoms with van der Waals surface area (Å²) in [6.45, 7) is 0. The van der Waals surface area contributed by atoms with Gasteiger partial charge >= 0.3 is 0 Å². The highest BCUT2D eigenvalue weighted by atomic mass is 31.2. The lowest BCUT2D eigenvalue weighted by Gasteiger charge is -2.28. The van der Waals surface area contributed by atoms with Crippen molar-refractivity contribution in [2.45, 2.75) is 0 Å². The SMILES string of the molecule is C1=C/C=C\C(C[P+](c2ccccc2)(c2ccccc2)c2ccccc2)=C/C=C1. The first-order valence-electron chi connectivity index (χ1n) is 9.65. The molecule has 0 saturated heterocycles. The van der Waals surface area contributed by atoms with Crippen LogP contribution in [-0.2, 0) is 0 Å². The molecular weight excluding hydrogens is 355 g/mol. The van der Waals surface area contributed by atoms with Gasteiger partial charge in [-0.25, -0.2) is 0 Å². The first kappa shape index (κ1) is 18.4. The van der Waals surface area contributed by atoms with E-state index >= 15 is 0 Å². The predicted octanol–water partition coefficient (Wildman–Crippen LogP) is 5.59. The first-order valence-corrected chi connectivity index (χ1v) is 11.6. The molecule has 0 bridgehead atoms. The maximum absolute atomic E-state index is 2.30. The summed E-state index contributed by atoms with van der Waals surface area (Å²) in [6, 6.07) is 33.1. The van der Waals surface area contributed by atoms with Crippen molar-refractivity contribution in [3.8, 4) is 0 Å². The van der Waals surface area contributed by atoms with Crippen molar-refractivity contribution in [1.29, 1.82) is 0 Å². The molecule has 0 saturated carbocycles. The average Bonchev–Trinajstić information content (AvgIpc) is 2.75. The Bertz CT molecular complexity index is 913. The molecule has 0 heterocycles.